The van der Waals surface area contributed by atoms with E-state index in [9.17, 15) is 9.90 Å². The molecule has 2 heterocycles. The van der Waals surface area contributed by atoms with E-state index >= 15 is 0 Å². The van der Waals surface area contributed by atoms with Crippen molar-refractivity contribution < 1.29 is 15.0 Å². The number of aliphatic hydroxyl groups is 1. The van der Waals surface area contributed by atoms with Crippen LogP contribution in [-0.4, -0.2) is 27.3 Å². The van der Waals surface area contributed by atoms with E-state index in [1.165, 1.54) is 6.08 Å². The van der Waals surface area contributed by atoms with Crippen LogP contribution in [0.4, 0.5) is 0 Å². The van der Waals surface area contributed by atoms with E-state index in [0.717, 1.165) is 0 Å². The first kappa shape index (κ1) is 10.6. The van der Waals surface area contributed by atoms with Gasteiger partial charge < -0.3 is 15.5 Å². The quantitative estimate of drug-likeness (QED) is 0.667. The molecule has 0 aliphatic carbocycles. The van der Waals surface area contributed by atoms with Gasteiger partial charge in [-0.3, -0.25) is 9.78 Å². The molecular formula is C11H12N2O3. The summed E-state index contributed by atoms with van der Waals surface area (Å²) in [6.07, 6.45) is 3.59. The number of aliphatic hydroxyl groups excluding tert-OH is 1. The van der Waals surface area contributed by atoms with Crippen molar-refractivity contribution in [3.63, 3.8) is 0 Å². The minimum Gasteiger partial charge on any atom is -0.481 e. The number of nitrogens with zero attached hydrogens (tertiary/aromatic N) is 1. The monoisotopic (exact) mass is 220 g/mol. The maximum absolute atomic E-state index is 11.1. The second-order valence-corrected chi connectivity index (χ2v) is 3.61. The van der Waals surface area contributed by atoms with Gasteiger partial charge in [-0.25, -0.2) is 0 Å². The molecule has 3 unspecified atom stereocenters. The van der Waals surface area contributed by atoms with Gasteiger partial charge in [-0.05, 0) is 24.4 Å². The van der Waals surface area contributed by atoms with Crippen LogP contribution in [0.15, 0.2) is 36.7 Å². The zero-order valence-electron chi connectivity index (χ0n) is 8.45. The first-order chi connectivity index (χ1) is 7.70. The van der Waals surface area contributed by atoms with Gasteiger partial charge in [0.15, 0.2) is 0 Å². The Morgan fingerprint density at radius 2 is 2.25 bits per heavy atom. The Kier molecular flexibility index (Phi) is 2.87. The van der Waals surface area contributed by atoms with Crippen molar-refractivity contribution in [1.29, 1.82) is 0 Å². The van der Waals surface area contributed by atoms with E-state index in [4.69, 9.17) is 5.11 Å². The summed E-state index contributed by atoms with van der Waals surface area (Å²) in [6.45, 7) is 0. The van der Waals surface area contributed by atoms with Crippen LogP contribution in [0.5, 0.6) is 0 Å². The lowest BCUT2D eigenvalue weighted by Crippen LogP contribution is -2.41. The molecule has 1 aliphatic heterocycles. The third-order valence-electron chi connectivity index (χ3n) is 2.59. The van der Waals surface area contributed by atoms with Crippen LogP contribution in [0.25, 0.3) is 0 Å². The van der Waals surface area contributed by atoms with Crippen LogP contribution in [-0.2, 0) is 4.79 Å². The summed E-state index contributed by atoms with van der Waals surface area (Å²) in [5.74, 6) is -1.96. The maximum Gasteiger partial charge on any atom is 0.312 e. The number of carbonyl (C=O) groups is 1. The molecule has 5 nitrogen and oxygen atoms in total. The van der Waals surface area contributed by atoms with Crippen LogP contribution in [0.2, 0.25) is 0 Å². The van der Waals surface area contributed by atoms with Gasteiger partial charge in [-0.2, -0.15) is 0 Å². The fraction of sp³-hybridized carbons (Fsp3) is 0.273. The number of pyridine rings is 1. The number of rotatable bonds is 2. The molecule has 0 radical (unpaired) electrons. The van der Waals surface area contributed by atoms with Crippen LogP contribution in [0, 0.1) is 5.92 Å². The SMILES string of the molecule is O=C(O)C1C(O)C=CNC1c1ccccn1. The van der Waals surface area contributed by atoms with Gasteiger partial charge in [0, 0.05) is 6.20 Å². The minimum absolute atomic E-state index is 0.501. The Balaban J connectivity index is 2.33. The number of carboxylic acids is 1. The first-order valence-corrected chi connectivity index (χ1v) is 4.94. The van der Waals surface area contributed by atoms with Crippen LogP contribution in [0.3, 0.4) is 0 Å². The van der Waals surface area contributed by atoms with Gasteiger partial charge in [0.05, 0.1) is 17.8 Å². The molecule has 3 N–H and O–H groups in total. The summed E-state index contributed by atoms with van der Waals surface area (Å²) < 4.78 is 0. The van der Waals surface area contributed by atoms with E-state index in [1.807, 2.05) is 0 Å². The molecule has 1 aromatic heterocycles. The summed E-state index contributed by atoms with van der Waals surface area (Å²) in [5, 5.41) is 21.6. The van der Waals surface area contributed by atoms with E-state index in [2.05, 4.69) is 10.3 Å². The average Bonchev–Trinajstić information content (AvgIpc) is 2.29. The predicted molar refractivity (Wildman–Crippen MR) is 56.4 cm³/mol. The summed E-state index contributed by atoms with van der Waals surface area (Å²) >= 11 is 0. The lowest BCUT2D eigenvalue weighted by atomic mass is 9.89. The van der Waals surface area contributed by atoms with Crippen LogP contribution in [0.1, 0.15) is 11.7 Å². The van der Waals surface area contributed by atoms with Crippen molar-refractivity contribution in [2.24, 2.45) is 5.92 Å². The summed E-state index contributed by atoms with van der Waals surface area (Å²) in [4.78, 5) is 15.2. The van der Waals surface area contributed by atoms with E-state index in [1.54, 1.807) is 30.6 Å². The molecule has 0 fully saturated rings. The van der Waals surface area contributed by atoms with E-state index < -0.39 is 24.0 Å². The number of hydrogen-bond acceptors (Lipinski definition) is 4. The van der Waals surface area contributed by atoms with Gasteiger partial charge in [0.1, 0.15) is 5.92 Å². The molecule has 0 bridgehead atoms. The Morgan fingerprint density at radius 3 is 2.88 bits per heavy atom. The molecule has 0 spiro atoms. The fourth-order valence-electron chi connectivity index (χ4n) is 1.80. The molecule has 1 aliphatic rings. The largest absolute Gasteiger partial charge is 0.481 e. The van der Waals surface area contributed by atoms with Crippen molar-refractivity contribution in [3.05, 3.63) is 42.4 Å². The zero-order chi connectivity index (χ0) is 11.5. The molecule has 16 heavy (non-hydrogen) atoms. The van der Waals surface area contributed by atoms with Crippen molar-refractivity contribution in [2.75, 3.05) is 0 Å². The molecule has 0 saturated carbocycles. The Hall–Kier alpha value is -1.88. The van der Waals surface area contributed by atoms with Gasteiger partial charge in [0.25, 0.3) is 0 Å². The minimum atomic E-state index is -1.04. The summed E-state index contributed by atoms with van der Waals surface area (Å²) in [6, 6.07) is 4.78. The van der Waals surface area contributed by atoms with Crippen molar-refractivity contribution in [3.8, 4) is 0 Å². The highest BCUT2D eigenvalue weighted by Gasteiger charge is 2.36. The second-order valence-electron chi connectivity index (χ2n) is 3.61. The van der Waals surface area contributed by atoms with Crippen molar-refractivity contribution >= 4 is 5.97 Å². The molecule has 0 aromatic carbocycles. The van der Waals surface area contributed by atoms with E-state index in [0.29, 0.717) is 5.69 Å². The summed E-state index contributed by atoms with van der Waals surface area (Å²) in [7, 11) is 0. The third kappa shape index (κ3) is 1.90. The normalized spacial score (nSPS) is 28.4. The lowest BCUT2D eigenvalue weighted by molar-refractivity contribution is -0.146. The average molecular weight is 220 g/mol. The van der Waals surface area contributed by atoms with Crippen molar-refractivity contribution in [1.82, 2.24) is 10.3 Å². The van der Waals surface area contributed by atoms with Gasteiger partial charge in [-0.1, -0.05) is 6.07 Å². The molecule has 0 saturated heterocycles. The second kappa shape index (κ2) is 4.32. The topological polar surface area (TPSA) is 82.5 Å². The van der Waals surface area contributed by atoms with Gasteiger partial charge in [0.2, 0.25) is 0 Å². The Bertz CT molecular complexity index is 405. The maximum atomic E-state index is 11.1. The standard InChI is InChI=1S/C11H12N2O3/c14-8-4-6-13-10(9(8)11(15)16)7-3-1-2-5-12-7/h1-6,8-10,13-14H,(H,15,16). The predicted octanol–water partition coefficient (Wildman–Crippen LogP) is 0.301. The Morgan fingerprint density at radius 1 is 1.44 bits per heavy atom. The highest BCUT2D eigenvalue weighted by molar-refractivity contribution is 5.72. The van der Waals surface area contributed by atoms with E-state index in [-0.39, 0.29) is 0 Å². The number of hydrogen-bond donors (Lipinski definition) is 3. The summed E-state index contributed by atoms with van der Waals surface area (Å²) in [5.41, 5.74) is 0.610. The number of nitrogens with one attached hydrogen (secondary N) is 1. The van der Waals surface area contributed by atoms with Crippen molar-refractivity contribution in [2.45, 2.75) is 12.1 Å². The smallest absolute Gasteiger partial charge is 0.312 e. The molecule has 0 amide bonds. The number of aromatic nitrogens is 1. The fourth-order valence-corrected chi connectivity index (χ4v) is 1.80. The molecule has 1 aromatic rings. The third-order valence-corrected chi connectivity index (χ3v) is 2.59. The highest BCUT2D eigenvalue weighted by Crippen LogP contribution is 2.27. The molecular weight excluding hydrogens is 208 g/mol. The lowest BCUT2D eigenvalue weighted by Gasteiger charge is -2.29. The molecule has 5 heteroatoms. The van der Waals surface area contributed by atoms with Crippen LogP contribution < -0.4 is 5.32 Å². The number of aliphatic carboxylic acids is 1. The zero-order valence-corrected chi connectivity index (χ0v) is 8.45. The van der Waals surface area contributed by atoms with Gasteiger partial charge in [-0.15, -0.1) is 0 Å². The molecule has 2 rings (SSSR count). The van der Waals surface area contributed by atoms with Gasteiger partial charge >= 0.3 is 5.97 Å². The molecule has 84 valence electrons. The molecule has 3 atom stereocenters. The first-order valence-electron chi connectivity index (χ1n) is 4.94. The Labute approximate surface area is 92.4 Å². The van der Waals surface area contributed by atoms with Crippen LogP contribution >= 0.6 is 0 Å². The number of carboxylic acid groups (broad SMARTS) is 1. The highest BCUT2D eigenvalue weighted by atomic mass is 16.4.